The average Bonchev–Trinajstić information content (AvgIpc) is 3.04. The monoisotopic (exact) mass is 331 g/mol. The minimum Gasteiger partial charge on any atom is -0.326 e. The molecular formula is C14H25N3O2S2. The van der Waals surface area contributed by atoms with Crippen molar-refractivity contribution < 1.29 is 8.42 Å². The maximum atomic E-state index is 12.5. The predicted octanol–water partition coefficient (Wildman–Crippen LogP) is 1.67. The summed E-state index contributed by atoms with van der Waals surface area (Å²) in [6.07, 6.45) is 4.40. The van der Waals surface area contributed by atoms with Gasteiger partial charge >= 0.3 is 0 Å². The Morgan fingerprint density at radius 3 is 2.48 bits per heavy atom. The molecular weight excluding hydrogens is 306 g/mol. The van der Waals surface area contributed by atoms with E-state index >= 15 is 0 Å². The number of nitrogens with two attached hydrogens (primary N) is 1. The third kappa shape index (κ3) is 3.48. The Balaban J connectivity index is 2.15. The second kappa shape index (κ2) is 6.34. The number of hydrogen-bond acceptors (Lipinski definition) is 5. The Hall–Kier alpha value is -0.470. The van der Waals surface area contributed by atoms with Crippen LogP contribution >= 0.6 is 11.3 Å². The molecule has 0 radical (unpaired) electrons. The van der Waals surface area contributed by atoms with Gasteiger partial charge in [0.15, 0.2) is 0 Å². The highest BCUT2D eigenvalue weighted by Gasteiger charge is 2.37. The molecule has 3 N–H and O–H groups in total. The van der Waals surface area contributed by atoms with Gasteiger partial charge in [0.1, 0.15) is 0 Å². The number of nitrogens with zero attached hydrogens (tertiary/aromatic N) is 1. The first-order valence-electron chi connectivity index (χ1n) is 7.27. The van der Waals surface area contributed by atoms with Gasteiger partial charge in [-0.25, -0.2) is 13.1 Å². The standard InChI is InChI=1S/C14H25N3O2S2/c1-11-13(8-12(9-15)20-11)21(18,19)16-10-14(17(2)3)6-4-5-7-14/h8,16H,4-7,9-10,15H2,1-3H3. The molecule has 0 saturated heterocycles. The second-order valence-electron chi connectivity index (χ2n) is 5.99. The van der Waals surface area contributed by atoms with Crippen LogP contribution in [-0.2, 0) is 16.6 Å². The molecule has 0 aliphatic heterocycles. The van der Waals surface area contributed by atoms with Crippen molar-refractivity contribution in [1.82, 2.24) is 9.62 Å². The molecule has 2 rings (SSSR count). The molecule has 0 atom stereocenters. The smallest absolute Gasteiger partial charge is 0.241 e. The summed E-state index contributed by atoms with van der Waals surface area (Å²) in [5.74, 6) is 0. The number of aryl methyl sites for hydroxylation is 1. The van der Waals surface area contributed by atoms with Crippen LogP contribution in [0.5, 0.6) is 0 Å². The number of nitrogens with one attached hydrogen (secondary N) is 1. The fourth-order valence-electron chi connectivity index (χ4n) is 3.01. The van der Waals surface area contributed by atoms with Crippen molar-refractivity contribution in [2.75, 3.05) is 20.6 Å². The van der Waals surface area contributed by atoms with Gasteiger partial charge in [-0.3, -0.25) is 0 Å². The second-order valence-corrected chi connectivity index (χ2v) is 9.06. The van der Waals surface area contributed by atoms with Crippen molar-refractivity contribution in [2.45, 2.75) is 49.6 Å². The molecule has 0 spiro atoms. The lowest BCUT2D eigenvalue weighted by atomic mass is 9.97. The maximum Gasteiger partial charge on any atom is 0.241 e. The van der Waals surface area contributed by atoms with E-state index < -0.39 is 10.0 Å². The Bertz CT molecular complexity index is 587. The zero-order chi connectivity index (χ0) is 15.7. The molecule has 1 aliphatic carbocycles. The van der Waals surface area contributed by atoms with Crippen LogP contribution in [0, 0.1) is 6.92 Å². The lowest BCUT2D eigenvalue weighted by Crippen LogP contribution is -2.50. The topological polar surface area (TPSA) is 75.4 Å². The molecule has 1 aromatic heterocycles. The van der Waals surface area contributed by atoms with E-state index in [0.29, 0.717) is 18.0 Å². The van der Waals surface area contributed by atoms with E-state index in [1.165, 1.54) is 11.3 Å². The van der Waals surface area contributed by atoms with Gasteiger partial charge in [0.2, 0.25) is 10.0 Å². The van der Waals surface area contributed by atoms with E-state index in [1.54, 1.807) is 6.07 Å². The lowest BCUT2D eigenvalue weighted by molar-refractivity contribution is 0.162. The van der Waals surface area contributed by atoms with E-state index in [2.05, 4.69) is 9.62 Å². The van der Waals surface area contributed by atoms with Crippen molar-refractivity contribution in [1.29, 1.82) is 0 Å². The molecule has 7 heteroatoms. The third-order valence-corrected chi connectivity index (χ3v) is 7.22. The predicted molar refractivity (Wildman–Crippen MR) is 87.0 cm³/mol. The van der Waals surface area contributed by atoms with Gasteiger partial charge in [-0.05, 0) is 39.9 Å². The van der Waals surface area contributed by atoms with Crippen molar-refractivity contribution in [2.24, 2.45) is 5.73 Å². The molecule has 120 valence electrons. The van der Waals surface area contributed by atoms with Gasteiger partial charge in [-0.1, -0.05) is 12.8 Å². The van der Waals surface area contributed by atoms with Crippen LogP contribution in [0.1, 0.15) is 35.4 Å². The highest BCUT2D eigenvalue weighted by molar-refractivity contribution is 7.89. The van der Waals surface area contributed by atoms with Crippen molar-refractivity contribution in [3.8, 4) is 0 Å². The van der Waals surface area contributed by atoms with E-state index in [0.717, 1.165) is 35.4 Å². The fourth-order valence-corrected chi connectivity index (χ4v) is 5.65. The van der Waals surface area contributed by atoms with Crippen LogP contribution in [0.15, 0.2) is 11.0 Å². The molecule has 5 nitrogen and oxygen atoms in total. The molecule has 0 amide bonds. The molecule has 1 fully saturated rings. The van der Waals surface area contributed by atoms with E-state index in [4.69, 9.17) is 5.73 Å². The first-order chi connectivity index (χ1) is 9.81. The molecule has 0 aromatic carbocycles. The molecule has 1 aromatic rings. The first-order valence-corrected chi connectivity index (χ1v) is 9.57. The van der Waals surface area contributed by atoms with E-state index in [-0.39, 0.29) is 5.54 Å². The minimum atomic E-state index is -3.46. The van der Waals surface area contributed by atoms with Crippen LogP contribution < -0.4 is 10.5 Å². The summed E-state index contributed by atoms with van der Waals surface area (Å²) < 4.78 is 27.9. The van der Waals surface area contributed by atoms with Gasteiger partial charge in [0.05, 0.1) is 4.90 Å². The number of rotatable bonds is 6. The van der Waals surface area contributed by atoms with Crippen LogP contribution in [0.25, 0.3) is 0 Å². The first kappa shape index (κ1) is 16.9. The fraction of sp³-hybridized carbons (Fsp3) is 0.714. The van der Waals surface area contributed by atoms with Crippen LogP contribution in [-0.4, -0.2) is 39.5 Å². The van der Waals surface area contributed by atoms with Crippen LogP contribution in [0.4, 0.5) is 0 Å². The van der Waals surface area contributed by atoms with Crippen molar-refractivity contribution >= 4 is 21.4 Å². The number of sulfonamides is 1. The summed E-state index contributed by atoms with van der Waals surface area (Å²) in [5.41, 5.74) is 5.55. The quantitative estimate of drug-likeness (QED) is 0.831. The van der Waals surface area contributed by atoms with Crippen LogP contribution in [0.3, 0.4) is 0 Å². The third-order valence-electron chi connectivity index (χ3n) is 4.49. The molecule has 1 aliphatic rings. The molecule has 1 saturated carbocycles. The minimum absolute atomic E-state index is 0.0479. The summed E-state index contributed by atoms with van der Waals surface area (Å²) in [4.78, 5) is 4.23. The Labute approximate surface area is 131 Å². The van der Waals surface area contributed by atoms with Crippen molar-refractivity contribution in [3.63, 3.8) is 0 Å². The largest absolute Gasteiger partial charge is 0.326 e. The SMILES string of the molecule is Cc1sc(CN)cc1S(=O)(=O)NCC1(N(C)C)CCCC1. The molecule has 1 heterocycles. The van der Waals surface area contributed by atoms with E-state index in [1.807, 2.05) is 21.0 Å². The van der Waals surface area contributed by atoms with Crippen molar-refractivity contribution in [3.05, 3.63) is 15.8 Å². The number of likely N-dealkylation sites (N-methyl/N-ethyl adjacent to an activating group) is 1. The lowest BCUT2D eigenvalue weighted by Gasteiger charge is -2.36. The molecule has 0 unspecified atom stereocenters. The summed E-state index contributed by atoms with van der Waals surface area (Å²) in [5, 5.41) is 0. The summed E-state index contributed by atoms with van der Waals surface area (Å²) in [7, 11) is 0.598. The Morgan fingerprint density at radius 2 is 2.00 bits per heavy atom. The maximum absolute atomic E-state index is 12.5. The van der Waals surface area contributed by atoms with Crippen LogP contribution in [0.2, 0.25) is 0 Å². The normalized spacial score (nSPS) is 18.5. The highest BCUT2D eigenvalue weighted by atomic mass is 32.2. The van der Waals surface area contributed by atoms with Gasteiger partial charge < -0.3 is 10.6 Å². The Morgan fingerprint density at radius 1 is 1.38 bits per heavy atom. The Kier molecular flexibility index (Phi) is 5.10. The molecule has 21 heavy (non-hydrogen) atoms. The van der Waals surface area contributed by atoms with E-state index in [9.17, 15) is 8.42 Å². The number of hydrogen-bond donors (Lipinski definition) is 2. The van der Waals surface area contributed by atoms with Gasteiger partial charge in [0, 0.05) is 28.4 Å². The number of thiophene rings is 1. The van der Waals surface area contributed by atoms with Gasteiger partial charge in [-0.2, -0.15) is 0 Å². The van der Waals surface area contributed by atoms with Gasteiger partial charge in [0.25, 0.3) is 0 Å². The summed E-state index contributed by atoms with van der Waals surface area (Å²) in [6, 6.07) is 1.69. The summed E-state index contributed by atoms with van der Waals surface area (Å²) in [6.45, 7) is 2.67. The zero-order valence-corrected chi connectivity index (χ0v) is 14.6. The van der Waals surface area contributed by atoms with Gasteiger partial charge in [-0.15, -0.1) is 11.3 Å². The average molecular weight is 332 g/mol. The summed E-state index contributed by atoms with van der Waals surface area (Å²) >= 11 is 1.45. The highest BCUT2D eigenvalue weighted by Crippen LogP contribution is 2.34. The zero-order valence-electron chi connectivity index (χ0n) is 13.0. The molecule has 0 bridgehead atoms.